The zero-order valence-electron chi connectivity index (χ0n) is 11.9. The third kappa shape index (κ3) is 3.93. The van der Waals surface area contributed by atoms with Crippen LogP contribution < -0.4 is 5.32 Å². The number of hydrogen-bond donors (Lipinski definition) is 2. The summed E-state index contributed by atoms with van der Waals surface area (Å²) in [4.78, 5) is 24.6. The molecule has 1 aromatic rings. The molecule has 0 aliphatic heterocycles. The van der Waals surface area contributed by atoms with Crippen molar-refractivity contribution in [3.63, 3.8) is 0 Å². The quantitative estimate of drug-likeness (QED) is 0.894. The van der Waals surface area contributed by atoms with Crippen LogP contribution in [0.4, 0.5) is 9.18 Å². The van der Waals surface area contributed by atoms with E-state index < -0.39 is 11.9 Å². The molecule has 21 heavy (non-hydrogen) atoms. The number of amides is 2. The predicted octanol–water partition coefficient (Wildman–Crippen LogP) is 2.22. The number of rotatable bonds is 4. The topological polar surface area (TPSA) is 69.6 Å². The first-order chi connectivity index (χ1) is 9.97. The maximum atomic E-state index is 12.8. The van der Waals surface area contributed by atoms with Crippen LogP contribution in [0.15, 0.2) is 24.3 Å². The molecule has 0 saturated heterocycles. The molecule has 2 amide bonds. The van der Waals surface area contributed by atoms with Gasteiger partial charge in [-0.15, -0.1) is 0 Å². The van der Waals surface area contributed by atoms with E-state index in [1.54, 1.807) is 19.2 Å². The van der Waals surface area contributed by atoms with E-state index in [0.29, 0.717) is 19.4 Å². The third-order valence-corrected chi connectivity index (χ3v) is 3.82. The number of nitrogens with one attached hydrogen (secondary N) is 1. The highest BCUT2D eigenvalue weighted by atomic mass is 19.1. The van der Waals surface area contributed by atoms with Gasteiger partial charge in [-0.25, -0.2) is 9.18 Å². The fraction of sp³-hybridized carbons (Fsp3) is 0.467. The Morgan fingerprint density at radius 2 is 2.00 bits per heavy atom. The molecular weight excluding hydrogens is 275 g/mol. The van der Waals surface area contributed by atoms with E-state index in [4.69, 9.17) is 5.11 Å². The number of carbonyl (C=O) groups is 2. The van der Waals surface area contributed by atoms with Gasteiger partial charge < -0.3 is 15.3 Å². The molecule has 0 radical (unpaired) electrons. The lowest BCUT2D eigenvalue weighted by atomic mass is 10.0. The summed E-state index contributed by atoms with van der Waals surface area (Å²) in [5.74, 6) is -1.69. The normalized spacial score (nSPS) is 21.0. The molecule has 0 aromatic heterocycles. The highest BCUT2D eigenvalue weighted by molar-refractivity contribution is 5.77. The zero-order chi connectivity index (χ0) is 15.4. The van der Waals surface area contributed by atoms with Crippen LogP contribution in [0.3, 0.4) is 0 Å². The molecule has 1 saturated carbocycles. The van der Waals surface area contributed by atoms with Crippen LogP contribution in [0.1, 0.15) is 24.8 Å². The Balaban J connectivity index is 1.90. The van der Waals surface area contributed by atoms with Gasteiger partial charge in [0.1, 0.15) is 5.82 Å². The highest BCUT2D eigenvalue weighted by Crippen LogP contribution is 2.26. The molecule has 0 bridgehead atoms. The second-order valence-electron chi connectivity index (χ2n) is 5.41. The average molecular weight is 294 g/mol. The molecule has 2 rings (SSSR count). The lowest BCUT2D eigenvalue weighted by molar-refractivity contribution is -0.142. The summed E-state index contributed by atoms with van der Waals surface area (Å²) in [6.07, 6.45) is 2.10. The summed E-state index contributed by atoms with van der Waals surface area (Å²) in [5, 5.41) is 11.9. The first-order valence-corrected chi connectivity index (χ1v) is 6.96. The Morgan fingerprint density at radius 1 is 1.33 bits per heavy atom. The minimum absolute atomic E-state index is 0.308. The molecule has 2 atom stereocenters. The standard InChI is InChI=1S/C15H19FN2O3/c1-18(9-10-5-7-11(16)8-6-10)15(21)17-13-4-2-3-12(13)14(19)20/h5-8,12-13H,2-4,9H2,1H3,(H,17,21)(H,19,20). The van der Waals surface area contributed by atoms with Crippen molar-refractivity contribution >= 4 is 12.0 Å². The van der Waals surface area contributed by atoms with Gasteiger partial charge in [-0.1, -0.05) is 18.6 Å². The number of carboxylic acids is 1. The summed E-state index contributed by atoms with van der Waals surface area (Å²) < 4.78 is 12.8. The van der Waals surface area contributed by atoms with Crippen molar-refractivity contribution in [1.82, 2.24) is 10.2 Å². The minimum Gasteiger partial charge on any atom is -0.481 e. The van der Waals surface area contributed by atoms with Gasteiger partial charge in [0.25, 0.3) is 0 Å². The first kappa shape index (κ1) is 15.3. The van der Waals surface area contributed by atoms with Crippen molar-refractivity contribution in [3.05, 3.63) is 35.6 Å². The van der Waals surface area contributed by atoms with Crippen LogP contribution in [0.5, 0.6) is 0 Å². The molecule has 0 heterocycles. The maximum Gasteiger partial charge on any atom is 0.317 e. The lowest BCUT2D eigenvalue weighted by Gasteiger charge is -2.23. The van der Waals surface area contributed by atoms with Crippen LogP contribution in [-0.2, 0) is 11.3 Å². The van der Waals surface area contributed by atoms with Crippen LogP contribution in [-0.4, -0.2) is 35.1 Å². The molecule has 1 aliphatic carbocycles. The van der Waals surface area contributed by atoms with Gasteiger partial charge in [-0.05, 0) is 30.5 Å². The van der Waals surface area contributed by atoms with Crippen molar-refractivity contribution in [2.24, 2.45) is 5.92 Å². The number of urea groups is 1. The van der Waals surface area contributed by atoms with Gasteiger partial charge in [-0.2, -0.15) is 0 Å². The molecule has 1 aliphatic rings. The Hall–Kier alpha value is -2.11. The third-order valence-electron chi connectivity index (χ3n) is 3.82. The molecule has 6 heteroatoms. The Labute approximate surface area is 122 Å². The predicted molar refractivity (Wildman–Crippen MR) is 75.2 cm³/mol. The van der Waals surface area contributed by atoms with E-state index in [2.05, 4.69) is 5.32 Å². The number of carboxylic acid groups (broad SMARTS) is 1. The van der Waals surface area contributed by atoms with E-state index in [1.165, 1.54) is 17.0 Å². The smallest absolute Gasteiger partial charge is 0.317 e. The Morgan fingerprint density at radius 3 is 2.62 bits per heavy atom. The summed E-state index contributed by atoms with van der Waals surface area (Å²) in [6, 6.07) is 5.31. The van der Waals surface area contributed by atoms with E-state index in [0.717, 1.165) is 12.0 Å². The van der Waals surface area contributed by atoms with Gasteiger partial charge in [0.05, 0.1) is 5.92 Å². The maximum absolute atomic E-state index is 12.8. The Bertz CT molecular complexity index is 518. The van der Waals surface area contributed by atoms with Crippen molar-refractivity contribution < 1.29 is 19.1 Å². The fourth-order valence-corrected chi connectivity index (χ4v) is 2.63. The average Bonchev–Trinajstić information content (AvgIpc) is 2.89. The molecule has 5 nitrogen and oxygen atoms in total. The van der Waals surface area contributed by atoms with E-state index in [9.17, 15) is 14.0 Å². The van der Waals surface area contributed by atoms with Crippen LogP contribution in [0.2, 0.25) is 0 Å². The summed E-state index contributed by atoms with van der Waals surface area (Å²) >= 11 is 0. The van der Waals surface area contributed by atoms with Crippen LogP contribution in [0.25, 0.3) is 0 Å². The summed E-state index contributed by atoms with van der Waals surface area (Å²) in [7, 11) is 1.63. The van der Waals surface area contributed by atoms with E-state index >= 15 is 0 Å². The molecule has 0 spiro atoms. The Kier molecular flexibility index (Phi) is 4.77. The van der Waals surface area contributed by atoms with Crippen molar-refractivity contribution in [2.75, 3.05) is 7.05 Å². The second-order valence-corrected chi connectivity index (χ2v) is 5.41. The van der Waals surface area contributed by atoms with Gasteiger partial charge in [-0.3, -0.25) is 4.79 Å². The SMILES string of the molecule is CN(Cc1ccc(F)cc1)C(=O)NC1CCCC1C(=O)O. The van der Waals surface area contributed by atoms with Gasteiger partial charge in [0.15, 0.2) is 0 Å². The van der Waals surface area contributed by atoms with Crippen molar-refractivity contribution in [3.8, 4) is 0 Å². The van der Waals surface area contributed by atoms with Gasteiger partial charge in [0.2, 0.25) is 0 Å². The van der Waals surface area contributed by atoms with Gasteiger partial charge >= 0.3 is 12.0 Å². The lowest BCUT2D eigenvalue weighted by Crippen LogP contribution is -2.45. The van der Waals surface area contributed by atoms with Crippen LogP contribution in [0, 0.1) is 11.7 Å². The second kappa shape index (κ2) is 6.56. The summed E-state index contributed by atoms with van der Waals surface area (Å²) in [5.41, 5.74) is 0.815. The van der Waals surface area contributed by atoms with Crippen LogP contribution >= 0.6 is 0 Å². The molecule has 1 fully saturated rings. The molecule has 2 N–H and O–H groups in total. The van der Waals surface area contributed by atoms with Crippen molar-refractivity contribution in [2.45, 2.75) is 31.8 Å². The van der Waals surface area contributed by atoms with E-state index in [1.807, 2.05) is 0 Å². The molecular formula is C15H19FN2O3. The van der Waals surface area contributed by atoms with Crippen molar-refractivity contribution in [1.29, 1.82) is 0 Å². The molecule has 1 aromatic carbocycles. The minimum atomic E-state index is -0.862. The largest absolute Gasteiger partial charge is 0.481 e. The number of hydrogen-bond acceptors (Lipinski definition) is 2. The number of aliphatic carboxylic acids is 1. The molecule has 114 valence electrons. The number of benzene rings is 1. The highest BCUT2D eigenvalue weighted by Gasteiger charge is 2.34. The number of carbonyl (C=O) groups excluding carboxylic acids is 1. The summed E-state index contributed by atoms with van der Waals surface area (Å²) in [6.45, 7) is 0.344. The van der Waals surface area contributed by atoms with E-state index in [-0.39, 0.29) is 17.9 Å². The molecule has 2 unspecified atom stereocenters. The first-order valence-electron chi connectivity index (χ1n) is 6.96. The zero-order valence-corrected chi connectivity index (χ0v) is 11.9. The number of nitrogens with zero attached hydrogens (tertiary/aromatic N) is 1. The van der Waals surface area contributed by atoms with Gasteiger partial charge in [0, 0.05) is 19.6 Å². The number of halogens is 1. The monoisotopic (exact) mass is 294 g/mol. The fourth-order valence-electron chi connectivity index (χ4n) is 2.63.